The van der Waals surface area contributed by atoms with Crippen LogP contribution in [0, 0.1) is 0 Å². The van der Waals surface area contributed by atoms with Gasteiger partial charge in [0.05, 0.1) is 17.4 Å². The molecule has 2 aromatic rings. The molecule has 0 radical (unpaired) electrons. The van der Waals surface area contributed by atoms with Gasteiger partial charge in [-0.25, -0.2) is 4.98 Å². The normalized spacial score (nSPS) is 10.5. The predicted octanol–water partition coefficient (Wildman–Crippen LogP) is 1.62. The van der Waals surface area contributed by atoms with Gasteiger partial charge in [-0.15, -0.1) is 11.3 Å². The Bertz CT molecular complexity index is 232. The molecular weight excluding hydrogens is 120 g/mol. The Kier molecular flexibility index (Phi) is 0.676. The molecular formula is C5H4N2S. The Morgan fingerprint density at radius 1 is 1.50 bits per heavy atom. The highest BCUT2D eigenvalue weighted by atomic mass is 32.1. The largest absolute Gasteiger partial charge is 0.344 e. The Morgan fingerprint density at radius 2 is 2.50 bits per heavy atom. The van der Waals surface area contributed by atoms with Crippen LogP contribution in [0.4, 0.5) is 0 Å². The SMILES string of the molecule is c1nc2cscc2[nH]1. The lowest BCUT2D eigenvalue weighted by Crippen LogP contribution is -1.49. The molecule has 2 aromatic heterocycles. The minimum atomic E-state index is 1.06. The molecule has 0 spiro atoms. The summed E-state index contributed by atoms with van der Waals surface area (Å²) in [7, 11) is 0. The molecule has 0 aliphatic rings. The Hall–Kier alpha value is -0.830. The predicted molar refractivity (Wildman–Crippen MR) is 34.0 cm³/mol. The van der Waals surface area contributed by atoms with E-state index in [1.54, 1.807) is 17.7 Å². The van der Waals surface area contributed by atoms with Gasteiger partial charge >= 0.3 is 0 Å². The van der Waals surface area contributed by atoms with Crippen LogP contribution in [-0.4, -0.2) is 9.97 Å². The number of aromatic nitrogens is 2. The fraction of sp³-hybridized carbons (Fsp3) is 0. The number of hydrogen-bond donors (Lipinski definition) is 1. The van der Waals surface area contributed by atoms with Crippen LogP contribution in [0.25, 0.3) is 11.0 Å². The van der Waals surface area contributed by atoms with E-state index in [1.807, 2.05) is 10.8 Å². The van der Waals surface area contributed by atoms with Gasteiger partial charge in [0.15, 0.2) is 0 Å². The monoisotopic (exact) mass is 124 g/mol. The van der Waals surface area contributed by atoms with Crippen molar-refractivity contribution < 1.29 is 0 Å². The van der Waals surface area contributed by atoms with Crippen molar-refractivity contribution in [2.45, 2.75) is 0 Å². The topological polar surface area (TPSA) is 28.7 Å². The maximum Gasteiger partial charge on any atom is 0.0989 e. The number of fused-ring (bicyclic) bond motifs is 1. The second-order valence-electron chi connectivity index (χ2n) is 1.57. The van der Waals surface area contributed by atoms with Gasteiger partial charge in [0.1, 0.15) is 0 Å². The molecule has 2 nitrogen and oxygen atoms in total. The van der Waals surface area contributed by atoms with Crippen molar-refractivity contribution in [2.24, 2.45) is 0 Å². The molecule has 0 atom stereocenters. The Balaban J connectivity index is 3.06. The molecule has 0 aromatic carbocycles. The molecule has 0 amide bonds. The lowest BCUT2D eigenvalue weighted by molar-refractivity contribution is 1.34. The smallest absolute Gasteiger partial charge is 0.0989 e. The average molecular weight is 124 g/mol. The fourth-order valence-corrected chi connectivity index (χ4v) is 1.38. The molecule has 2 rings (SSSR count). The second-order valence-corrected chi connectivity index (χ2v) is 2.32. The van der Waals surface area contributed by atoms with Gasteiger partial charge in [-0.2, -0.15) is 0 Å². The minimum absolute atomic E-state index is 1.06. The van der Waals surface area contributed by atoms with Crippen LogP contribution in [0.3, 0.4) is 0 Å². The van der Waals surface area contributed by atoms with E-state index in [9.17, 15) is 0 Å². The number of H-pyrrole nitrogens is 1. The zero-order valence-electron chi connectivity index (χ0n) is 4.09. The molecule has 40 valence electrons. The second kappa shape index (κ2) is 1.32. The van der Waals surface area contributed by atoms with Gasteiger partial charge < -0.3 is 4.98 Å². The quantitative estimate of drug-likeness (QED) is 0.568. The molecule has 0 fully saturated rings. The van der Waals surface area contributed by atoms with Crippen LogP contribution < -0.4 is 0 Å². The van der Waals surface area contributed by atoms with Crippen molar-refractivity contribution in [2.75, 3.05) is 0 Å². The van der Waals surface area contributed by atoms with Crippen molar-refractivity contribution in [3.8, 4) is 0 Å². The van der Waals surface area contributed by atoms with E-state index in [0.717, 1.165) is 11.0 Å². The highest BCUT2D eigenvalue weighted by Gasteiger charge is 1.91. The number of rotatable bonds is 0. The van der Waals surface area contributed by atoms with Gasteiger partial charge in [0.25, 0.3) is 0 Å². The van der Waals surface area contributed by atoms with Crippen molar-refractivity contribution in [1.82, 2.24) is 9.97 Å². The van der Waals surface area contributed by atoms with Crippen molar-refractivity contribution in [3.05, 3.63) is 17.1 Å². The van der Waals surface area contributed by atoms with Crippen molar-refractivity contribution >= 4 is 22.4 Å². The first-order chi connectivity index (χ1) is 3.97. The molecule has 2 heterocycles. The third-order valence-electron chi connectivity index (χ3n) is 1.07. The van der Waals surface area contributed by atoms with Gasteiger partial charge in [0, 0.05) is 10.8 Å². The van der Waals surface area contributed by atoms with E-state index in [0.29, 0.717) is 0 Å². The van der Waals surface area contributed by atoms with E-state index in [-0.39, 0.29) is 0 Å². The van der Waals surface area contributed by atoms with Crippen LogP contribution in [0.5, 0.6) is 0 Å². The van der Waals surface area contributed by atoms with Crippen LogP contribution in [0.15, 0.2) is 17.1 Å². The molecule has 3 heteroatoms. The lowest BCUT2D eigenvalue weighted by atomic mass is 10.5. The zero-order valence-corrected chi connectivity index (χ0v) is 4.90. The van der Waals surface area contributed by atoms with E-state index in [1.165, 1.54) is 0 Å². The van der Waals surface area contributed by atoms with E-state index in [4.69, 9.17) is 0 Å². The van der Waals surface area contributed by atoms with Crippen LogP contribution in [-0.2, 0) is 0 Å². The summed E-state index contributed by atoms with van der Waals surface area (Å²) in [6.45, 7) is 0. The highest BCUT2D eigenvalue weighted by molar-refractivity contribution is 7.09. The summed E-state index contributed by atoms with van der Waals surface area (Å²) >= 11 is 1.67. The van der Waals surface area contributed by atoms with Crippen molar-refractivity contribution in [1.29, 1.82) is 0 Å². The third kappa shape index (κ3) is 0.391. The standard InChI is InChI=1S/C5H4N2S/c1-4-5(2-8-1)7-3-6-4/h1-3H,(H,6,7). The molecule has 0 saturated heterocycles. The van der Waals surface area contributed by atoms with Gasteiger partial charge in [0.2, 0.25) is 0 Å². The number of nitrogens with zero attached hydrogens (tertiary/aromatic N) is 1. The maximum absolute atomic E-state index is 4.03. The number of aromatic amines is 1. The van der Waals surface area contributed by atoms with Gasteiger partial charge in [-0.1, -0.05) is 0 Å². The summed E-state index contributed by atoms with van der Waals surface area (Å²) in [6, 6.07) is 0. The summed E-state index contributed by atoms with van der Waals surface area (Å²) < 4.78 is 0. The maximum atomic E-state index is 4.03. The number of nitrogens with one attached hydrogen (secondary N) is 1. The molecule has 8 heavy (non-hydrogen) atoms. The fourth-order valence-electron chi connectivity index (χ4n) is 0.670. The third-order valence-corrected chi connectivity index (χ3v) is 1.80. The summed E-state index contributed by atoms with van der Waals surface area (Å²) in [5.41, 5.74) is 2.20. The van der Waals surface area contributed by atoms with Crippen LogP contribution in [0.1, 0.15) is 0 Å². The van der Waals surface area contributed by atoms with E-state index < -0.39 is 0 Å². The summed E-state index contributed by atoms with van der Waals surface area (Å²) in [5, 5.41) is 4.06. The molecule has 0 unspecified atom stereocenters. The zero-order chi connectivity index (χ0) is 5.40. The number of imidazole rings is 1. The molecule has 0 saturated carbocycles. The molecule has 1 N–H and O–H groups in total. The Labute approximate surface area is 50.2 Å². The van der Waals surface area contributed by atoms with Crippen molar-refractivity contribution in [3.63, 3.8) is 0 Å². The average Bonchev–Trinajstić information content (AvgIpc) is 2.15. The molecule has 0 aliphatic carbocycles. The van der Waals surface area contributed by atoms with Crippen LogP contribution in [0.2, 0.25) is 0 Å². The number of thiophene rings is 1. The minimum Gasteiger partial charge on any atom is -0.344 e. The molecule has 0 aliphatic heterocycles. The first-order valence-corrected chi connectivity index (χ1v) is 3.26. The summed E-state index contributed by atoms with van der Waals surface area (Å²) in [6.07, 6.45) is 1.71. The van der Waals surface area contributed by atoms with E-state index in [2.05, 4.69) is 9.97 Å². The first kappa shape index (κ1) is 4.09. The van der Waals surface area contributed by atoms with E-state index >= 15 is 0 Å². The van der Waals surface area contributed by atoms with Crippen LogP contribution >= 0.6 is 11.3 Å². The van der Waals surface area contributed by atoms with Gasteiger partial charge in [-0.05, 0) is 0 Å². The van der Waals surface area contributed by atoms with Gasteiger partial charge in [-0.3, -0.25) is 0 Å². The first-order valence-electron chi connectivity index (χ1n) is 2.32. The summed E-state index contributed by atoms with van der Waals surface area (Å²) in [5.74, 6) is 0. The molecule has 0 bridgehead atoms. The lowest BCUT2D eigenvalue weighted by Gasteiger charge is -1.64. The number of hydrogen-bond acceptors (Lipinski definition) is 2. The highest BCUT2D eigenvalue weighted by Crippen LogP contribution is 2.12. The Morgan fingerprint density at radius 3 is 3.38 bits per heavy atom. The summed E-state index contributed by atoms with van der Waals surface area (Å²) in [4.78, 5) is 7.03.